The number of Topliss-reactive ketones (excluding diaryl/α,β-unsaturated/α-hetero) is 2. The van der Waals surface area contributed by atoms with E-state index in [9.17, 15) is 26.4 Å². The van der Waals surface area contributed by atoms with Crippen molar-refractivity contribution in [1.82, 2.24) is 4.31 Å². The Labute approximate surface area is 173 Å². The van der Waals surface area contributed by atoms with Crippen LogP contribution in [0.15, 0.2) is 70.5 Å². The molecule has 4 rings (SSSR count). The third-order valence-corrected chi connectivity index (χ3v) is 8.17. The van der Waals surface area contributed by atoms with Crippen LogP contribution in [0, 0.1) is 0 Å². The van der Waals surface area contributed by atoms with Gasteiger partial charge in [0.25, 0.3) is 0 Å². The molecule has 1 aliphatic heterocycles. The van der Waals surface area contributed by atoms with Crippen molar-refractivity contribution >= 4 is 42.2 Å². The number of sulfonamides is 1. The molecule has 0 aromatic heterocycles. The van der Waals surface area contributed by atoms with Crippen LogP contribution < -0.4 is 0 Å². The molecule has 3 aromatic rings. The average molecular weight is 444 g/mol. The Kier molecular flexibility index (Phi) is 4.64. The summed E-state index contributed by atoms with van der Waals surface area (Å²) in [5.41, 5.74) is 0.0185. The van der Waals surface area contributed by atoms with E-state index in [0.29, 0.717) is 4.31 Å². The molecule has 9 heteroatoms. The van der Waals surface area contributed by atoms with E-state index in [0.717, 1.165) is 36.2 Å². The normalized spacial score (nSPS) is 18.9. The number of carbonyl (C=O) groups is 2. The lowest BCUT2D eigenvalue weighted by Gasteiger charge is -2.31. The molecular formula is C21H17NO6S2. The van der Waals surface area contributed by atoms with Crippen molar-refractivity contribution in [2.45, 2.75) is 15.8 Å². The summed E-state index contributed by atoms with van der Waals surface area (Å²) in [5, 5.41) is 1.69. The summed E-state index contributed by atoms with van der Waals surface area (Å²) >= 11 is 0. The number of hydrogen-bond donors (Lipinski definition) is 0. The van der Waals surface area contributed by atoms with E-state index in [1.54, 1.807) is 18.2 Å². The van der Waals surface area contributed by atoms with Gasteiger partial charge in [0, 0.05) is 24.4 Å². The molecule has 1 heterocycles. The standard InChI is InChI=1S/C21H17NO6S2/c1-22-19(20(23)15-8-7-13-5-3-4-6-14(13)11-15)21(24)17-10-9-16(29(2,25)26)12-18(17)30(22,27)28/h3-12,19H,1-2H3. The Hall–Kier alpha value is -2.88. The minimum Gasteiger partial charge on any atom is -0.292 e. The molecule has 0 saturated carbocycles. The van der Waals surface area contributed by atoms with Crippen LogP contribution in [0.3, 0.4) is 0 Å². The molecule has 0 N–H and O–H groups in total. The Morgan fingerprint density at radius 1 is 0.967 bits per heavy atom. The molecule has 0 spiro atoms. The van der Waals surface area contributed by atoms with Crippen LogP contribution in [-0.2, 0) is 19.9 Å². The molecule has 0 fully saturated rings. The smallest absolute Gasteiger partial charge is 0.244 e. The van der Waals surface area contributed by atoms with Gasteiger partial charge in [-0.2, -0.15) is 4.31 Å². The largest absolute Gasteiger partial charge is 0.292 e. The second-order valence-electron chi connectivity index (χ2n) is 7.14. The number of benzene rings is 3. The Morgan fingerprint density at radius 2 is 1.63 bits per heavy atom. The van der Waals surface area contributed by atoms with E-state index in [4.69, 9.17) is 0 Å². The Bertz CT molecular complexity index is 1440. The van der Waals surface area contributed by atoms with Gasteiger partial charge in [-0.1, -0.05) is 36.4 Å². The number of sulfone groups is 1. The number of likely N-dealkylation sites (N-methyl/N-ethyl adjacent to an activating group) is 1. The molecule has 0 aliphatic carbocycles. The lowest BCUT2D eigenvalue weighted by atomic mass is 9.94. The summed E-state index contributed by atoms with van der Waals surface area (Å²) in [4.78, 5) is 25.6. The van der Waals surface area contributed by atoms with Crippen LogP contribution in [0.2, 0.25) is 0 Å². The predicted octanol–water partition coefficient (Wildman–Crippen LogP) is 2.31. The van der Waals surface area contributed by atoms with Gasteiger partial charge in [-0.3, -0.25) is 9.59 Å². The fraction of sp³-hybridized carbons (Fsp3) is 0.143. The number of rotatable bonds is 3. The monoisotopic (exact) mass is 443 g/mol. The van der Waals surface area contributed by atoms with E-state index in [2.05, 4.69) is 0 Å². The minimum atomic E-state index is -4.25. The van der Waals surface area contributed by atoms with Crippen LogP contribution in [0.1, 0.15) is 20.7 Å². The van der Waals surface area contributed by atoms with Crippen molar-refractivity contribution in [3.8, 4) is 0 Å². The Morgan fingerprint density at radius 3 is 2.30 bits per heavy atom. The molecule has 3 aromatic carbocycles. The third kappa shape index (κ3) is 3.15. The highest BCUT2D eigenvalue weighted by Crippen LogP contribution is 2.32. The first-order valence-corrected chi connectivity index (χ1v) is 12.2. The highest BCUT2D eigenvalue weighted by atomic mass is 32.2. The zero-order valence-corrected chi connectivity index (χ0v) is 17.7. The van der Waals surface area contributed by atoms with Gasteiger partial charge in [-0.05, 0) is 35.0 Å². The summed E-state index contributed by atoms with van der Waals surface area (Å²) < 4.78 is 50.4. The van der Waals surface area contributed by atoms with Crippen molar-refractivity contribution in [2.75, 3.05) is 13.3 Å². The van der Waals surface area contributed by atoms with Crippen LogP contribution in [0.5, 0.6) is 0 Å². The second-order valence-corrected chi connectivity index (χ2v) is 11.1. The summed E-state index contributed by atoms with van der Waals surface area (Å²) in [6.45, 7) is 0. The molecule has 0 bridgehead atoms. The van der Waals surface area contributed by atoms with Gasteiger partial charge < -0.3 is 0 Å². The maximum absolute atomic E-state index is 13.2. The van der Waals surface area contributed by atoms with Crippen LogP contribution in [-0.4, -0.2) is 52.1 Å². The topological polar surface area (TPSA) is 106 Å². The molecule has 0 saturated heterocycles. The number of fused-ring (bicyclic) bond motifs is 2. The van der Waals surface area contributed by atoms with E-state index >= 15 is 0 Å². The molecule has 1 atom stereocenters. The zero-order valence-electron chi connectivity index (χ0n) is 16.1. The van der Waals surface area contributed by atoms with Gasteiger partial charge in [-0.15, -0.1) is 0 Å². The van der Waals surface area contributed by atoms with Gasteiger partial charge in [0.15, 0.2) is 27.4 Å². The van der Waals surface area contributed by atoms with E-state index in [1.165, 1.54) is 6.07 Å². The third-order valence-electron chi connectivity index (χ3n) is 5.20. The van der Waals surface area contributed by atoms with Gasteiger partial charge in [-0.25, -0.2) is 16.8 Å². The van der Waals surface area contributed by atoms with Crippen molar-refractivity contribution in [2.24, 2.45) is 0 Å². The first-order valence-electron chi connectivity index (χ1n) is 8.91. The fourth-order valence-corrected chi connectivity index (χ4v) is 5.76. The highest BCUT2D eigenvalue weighted by molar-refractivity contribution is 7.91. The van der Waals surface area contributed by atoms with Crippen molar-refractivity contribution in [3.05, 3.63) is 71.8 Å². The molecule has 154 valence electrons. The van der Waals surface area contributed by atoms with Crippen LogP contribution in [0.25, 0.3) is 10.8 Å². The number of carbonyl (C=O) groups excluding carboxylic acids is 2. The maximum Gasteiger partial charge on any atom is 0.244 e. The highest BCUT2D eigenvalue weighted by Gasteiger charge is 2.45. The van der Waals surface area contributed by atoms with Crippen molar-refractivity contribution in [3.63, 3.8) is 0 Å². The van der Waals surface area contributed by atoms with Crippen LogP contribution in [0.4, 0.5) is 0 Å². The van der Waals surface area contributed by atoms with E-state index < -0.39 is 42.4 Å². The van der Waals surface area contributed by atoms with Gasteiger partial charge in [0.2, 0.25) is 10.0 Å². The van der Waals surface area contributed by atoms with Crippen molar-refractivity contribution < 1.29 is 26.4 Å². The van der Waals surface area contributed by atoms with Crippen LogP contribution >= 0.6 is 0 Å². The zero-order chi connectivity index (χ0) is 21.8. The second kappa shape index (κ2) is 6.83. The number of hydrogen-bond acceptors (Lipinski definition) is 6. The Balaban J connectivity index is 1.84. The van der Waals surface area contributed by atoms with Gasteiger partial charge >= 0.3 is 0 Å². The molecule has 0 radical (unpaired) electrons. The van der Waals surface area contributed by atoms with Gasteiger partial charge in [0.1, 0.15) is 0 Å². The minimum absolute atomic E-state index is 0.195. The maximum atomic E-state index is 13.2. The number of nitrogens with zero attached hydrogens (tertiary/aromatic N) is 1. The van der Waals surface area contributed by atoms with E-state index in [-0.39, 0.29) is 16.0 Å². The summed E-state index contributed by atoms with van der Waals surface area (Å²) in [6, 6.07) is 14.0. The predicted molar refractivity (Wildman–Crippen MR) is 111 cm³/mol. The van der Waals surface area contributed by atoms with E-state index in [1.807, 2.05) is 24.3 Å². The van der Waals surface area contributed by atoms with Gasteiger partial charge in [0.05, 0.1) is 9.79 Å². The lowest BCUT2D eigenvalue weighted by molar-refractivity contribution is 0.0784. The molecule has 0 amide bonds. The summed E-state index contributed by atoms with van der Waals surface area (Å²) in [6.07, 6.45) is 0.946. The SMILES string of the molecule is CN1C(C(=O)c2ccc3ccccc3c2)C(=O)c2ccc(S(C)(=O)=O)cc2S1(=O)=O. The lowest BCUT2D eigenvalue weighted by Crippen LogP contribution is -2.51. The number of ketones is 2. The molecular weight excluding hydrogens is 426 g/mol. The molecule has 7 nitrogen and oxygen atoms in total. The molecule has 30 heavy (non-hydrogen) atoms. The fourth-order valence-electron chi connectivity index (χ4n) is 3.54. The first kappa shape index (κ1) is 20.4. The first-order chi connectivity index (χ1) is 14.0. The molecule has 1 unspecified atom stereocenters. The quantitative estimate of drug-likeness (QED) is 0.454. The van der Waals surface area contributed by atoms with Crippen molar-refractivity contribution in [1.29, 1.82) is 0 Å². The molecule has 1 aliphatic rings. The average Bonchev–Trinajstić information content (AvgIpc) is 2.71. The summed E-state index contributed by atoms with van der Waals surface area (Å²) in [5.74, 6) is -1.34. The summed E-state index contributed by atoms with van der Waals surface area (Å²) in [7, 11) is -6.78.